The van der Waals surface area contributed by atoms with Crippen LogP contribution in [0.15, 0.2) is 52.9 Å². The molecule has 0 radical (unpaired) electrons. The van der Waals surface area contributed by atoms with Crippen molar-refractivity contribution in [2.24, 2.45) is 0 Å². The summed E-state index contributed by atoms with van der Waals surface area (Å²) in [6.45, 7) is 8.79. The zero-order chi connectivity index (χ0) is 17.9. The molecule has 0 atom stereocenters. The highest BCUT2D eigenvalue weighted by molar-refractivity contribution is 8.00. The Kier molecular flexibility index (Phi) is 5.45. The molecule has 1 aromatic heterocycles. The zero-order valence-corrected chi connectivity index (χ0v) is 16.7. The molecule has 0 spiro atoms. The van der Waals surface area contributed by atoms with Crippen LogP contribution >= 0.6 is 23.1 Å². The molecular weight excluding hydrogens is 346 g/mol. The van der Waals surface area contributed by atoms with Gasteiger partial charge in [-0.25, -0.2) is 0 Å². The molecular formula is C20H23N3S2. The average molecular weight is 370 g/mol. The molecule has 0 bridgehead atoms. The van der Waals surface area contributed by atoms with Gasteiger partial charge in [-0.1, -0.05) is 85.8 Å². The fraction of sp³-hybridized carbons (Fsp3) is 0.300. The van der Waals surface area contributed by atoms with Gasteiger partial charge < -0.3 is 5.32 Å². The molecule has 0 saturated heterocycles. The third kappa shape index (κ3) is 5.06. The smallest absolute Gasteiger partial charge is 0.210 e. The second kappa shape index (κ2) is 7.58. The minimum atomic E-state index is 0.196. The van der Waals surface area contributed by atoms with Gasteiger partial charge >= 0.3 is 0 Å². The SMILES string of the molecule is Cc1ccc(Nc2nnc(SCc3ccc(C(C)(C)C)cc3)s2)cc1. The van der Waals surface area contributed by atoms with E-state index < -0.39 is 0 Å². The third-order valence-corrected chi connectivity index (χ3v) is 5.93. The van der Waals surface area contributed by atoms with E-state index in [1.54, 1.807) is 23.1 Å². The number of hydrogen-bond donors (Lipinski definition) is 1. The Morgan fingerprint density at radius 2 is 1.64 bits per heavy atom. The summed E-state index contributed by atoms with van der Waals surface area (Å²) in [6, 6.07) is 17.1. The second-order valence-corrected chi connectivity index (χ2v) is 9.30. The first-order chi connectivity index (χ1) is 11.9. The maximum absolute atomic E-state index is 4.27. The standard InChI is InChI=1S/C20H23N3S2/c1-14-5-11-17(12-6-14)21-18-22-23-19(25-18)24-13-15-7-9-16(10-8-15)20(2,3)4/h5-12H,13H2,1-4H3,(H,21,22). The van der Waals surface area contributed by atoms with E-state index in [4.69, 9.17) is 0 Å². The van der Waals surface area contributed by atoms with Crippen molar-refractivity contribution in [3.8, 4) is 0 Å². The molecule has 0 saturated carbocycles. The highest BCUT2D eigenvalue weighted by atomic mass is 32.2. The van der Waals surface area contributed by atoms with E-state index in [0.717, 1.165) is 20.9 Å². The van der Waals surface area contributed by atoms with Crippen LogP contribution in [-0.4, -0.2) is 10.2 Å². The Morgan fingerprint density at radius 1 is 0.960 bits per heavy atom. The Balaban J connectivity index is 1.57. The number of aryl methyl sites for hydroxylation is 1. The molecule has 0 unspecified atom stereocenters. The third-order valence-electron chi connectivity index (χ3n) is 3.89. The molecule has 0 aliphatic rings. The van der Waals surface area contributed by atoms with Gasteiger partial charge in [0.1, 0.15) is 0 Å². The number of nitrogens with zero attached hydrogens (tertiary/aromatic N) is 2. The first kappa shape index (κ1) is 18.0. The van der Waals surface area contributed by atoms with Crippen molar-refractivity contribution in [3.63, 3.8) is 0 Å². The lowest BCUT2D eigenvalue weighted by Gasteiger charge is -2.19. The number of aromatic nitrogens is 2. The summed E-state index contributed by atoms with van der Waals surface area (Å²) in [4.78, 5) is 0. The summed E-state index contributed by atoms with van der Waals surface area (Å²) < 4.78 is 0.981. The Bertz CT molecular complexity index is 815. The lowest BCUT2D eigenvalue weighted by Crippen LogP contribution is -2.10. The van der Waals surface area contributed by atoms with Crippen molar-refractivity contribution in [2.75, 3.05) is 5.32 Å². The molecule has 0 fully saturated rings. The number of anilines is 2. The lowest BCUT2D eigenvalue weighted by molar-refractivity contribution is 0.590. The Hall–Kier alpha value is -1.85. The van der Waals surface area contributed by atoms with Crippen LogP contribution in [0.3, 0.4) is 0 Å². The Morgan fingerprint density at radius 3 is 2.28 bits per heavy atom. The minimum absolute atomic E-state index is 0.196. The minimum Gasteiger partial charge on any atom is -0.330 e. The molecule has 130 valence electrons. The van der Waals surface area contributed by atoms with E-state index in [0.29, 0.717) is 0 Å². The molecule has 0 aliphatic heterocycles. The maximum Gasteiger partial charge on any atom is 0.210 e. The predicted molar refractivity (Wildman–Crippen MR) is 109 cm³/mol. The molecule has 0 amide bonds. The fourth-order valence-electron chi connectivity index (χ4n) is 2.33. The molecule has 25 heavy (non-hydrogen) atoms. The van der Waals surface area contributed by atoms with Crippen LogP contribution in [-0.2, 0) is 11.2 Å². The zero-order valence-electron chi connectivity index (χ0n) is 15.0. The van der Waals surface area contributed by atoms with Crippen LogP contribution in [0.1, 0.15) is 37.5 Å². The molecule has 0 aliphatic carbocycles. The molecule has 1 N–H and O–H groups in total. The van der Waals surface area contributed by atoms with Crippen molar-refractivity contribution in [1.29, 1.82) is 0 Å². The number of nitrogens with one attached hydrogen (secondary N) is 1. The van der Waals surface area contributed by atoms with E-state index in [9.17, 15) is 0 Å². The van der Waals surface area contributed by atoms with Crippen LogP contribution < -0.4 is 5.32 Å². The van der Waals surface area contributed by atoms with Gasteiger partial charge in [-0.2, -0.15) is 0 Å². The van der Waals surface area contributed by atoms with Crippen LogP contribution in [0.5, 0.6) is 0 Å². The second-order valence-electron chi connectivity index (χ2n) is 7.10. The van der Waals surface area contributed by atoms with Gasteiger partial charge in [-0.15, -0.1) is 10.2 Å². The number of thioether (sulfide) groups is 1. The first-order valence-corrected chi connectivity index (χ1v) is 10.1. The normalized spacial score (nSPS) is 11.5. The molecule has 3 aromatic rings. The predicted octanol–water partition coefficient (Wildman–Crippen LogP) is 6.18. The first-order valence-electron chi connectivity index (χ1n) is 8.29. The summed E-state index contributed by atoms with van der Waals surface area (Å²) in [5.74, 6) is 0.906. The summed E-state index contributed by atoms with van der Waals surface area (Å²) >= 11 is 3.31. The Labute approximate surface area is 157 Å². The molecule has 1 heterocycles. The largest absolute Gasteiger partial charge is 0.330 e. The topological polar surface area (TPSA) is 37.8 Å². The average Bonchev–Trinajstić information content (AvgIpc) is 3.02. The van der Waals surface area contributed by atoms with Crippen molar-refractivity contribution in [1.82, 2.24) is 10.2 Å². The van der Waals surface area contributed by atoms with Gasteiger partial charge in [-0.3, -0.25) is 0 Å². The van der Waals surface area contributed by atoms with Gasteiger partial charge in [-0.05, 0) is 35.6 Å². The number of benzene rings is 2. The quantitative estimate of drug-likeness (QED) is 0.545. The summed E-state index contributed by atoms with van der Waals surface area (Å²) in [5.41, 5.74) is 5.15. The van der Waals surface area contributed by atoms with Gasteiger partial charge in [0.25, 0.3) is 0 Å². The van der Waals surface area contributed by atoms with E-state index in [1.807, 2.05) is 0 Å². The van der Waals surface area contributed by atoms with E-state index >= 15 is 0 Å². The van der Waals surface area contributed by atoms with Crippen LogP contribution in [0.25, 0.3) is 0 Å². The van der Waals surface area contributed by atoms with Gasteiger partial charge in [0.15, 0.2) is 4.34 Å². The van der Waals surface area contributed by atoms with Crippen molar-refractivity contribution < 1.29 is 0 Å². The lowest BCUT2D eigenvalue weighted by atomic mass is 9.87. The number of rotatable bonds is 5. The van der Waals surface area contributed by atoms with Crippen molar-refractivity contribution in [3.05, 3.63) is 65.2 Å². The highest BCUT2D eigenvalue weighted by Crippen LogP contribution is 2.30. The summed E-state index contributed by atoms with van der Waals surface area (Å²) in [7, 11) is 0. The monoisotopic (exact) mass is 369 g/mol. The maximum atomic E-state index is 4.27. The molecule has 3 nitrogen and oxygen atoms in total. The van der Waals surface area contributed by atoms with Crippen LogP contribution in [0.2, 0.25) is 0 Å². The molecule has 3 rings (SSSR count). The van der Waals surface area contributed by atoms with Crippen molar-refractivity contribution >= 4 is 33.9 Å². The van der Waals surface area contributed by atoms with Crippen LogP contribution in [0, 0.1) is 6.92 Å². The van der Waals surface area contributed by atoms with Gasteiger partial charge in [0.05, 0.1) is 0 Å². The summed E-state index contributed by atoms with van der Waals surface area (Å²) in [5, 5.41) is 12.6. The molecule has 5 heteroatoms. The fourth-order valence-corrected chi connectivity index (χ4v) is 4.05. The van der Waals surface area contributed by atoms with Crippen molar-refractivity contribution in [2.45, 2.75) is 43.2 Å². The van der Waals surface area contributed by atoms with Gasteiger partial charge in [0, 0.05) is 11.4 Å². The van der Waals surface area contributed by atoms with E-state index in [2.05, 4.69) is 91.7 Å². The van der Waals surface area contributed by atoms with E-state index in [1.165, 1.54) is 16.7 Å². The summed E-state index contributed by atoms with van der Waals surface area (Å²) in [6.07, 6.45) is 0. The van der Waals surface area contributed by atoms with E-state index in [-0.39, 0.29) is 5.41 Å². The molecule has 2 aromatic carbocycles. The highest BCUT2D eigenvalue weighted by Gasteiger charge is 2.13. The number of hydrogen-bond acceptors (Lipinski definition) is 5. The van der Waals surface area contributed by atoms with Crippen LogP contribution in [0.4, 0.5) is 10.8 Å². The van der Waals surface area contributed by atoms with Gasteiger partial charge in [0.2, 0.25) is 5.13 Å².